The zero-order valence-electron chi connectivity index (χ0n) is 7.76. The maximum atomic E-state index is 5.23. The molecule has 0 spiro atoms. The topological polar surface area (TPSA) is 9.23 Å². The lowest BCUT2D eigenvalue weighted by molar-refractivity contribution is 0.257. The molecule has 0 atom stereocenters. The van der Waals surface area contributed by atoms with E-state index in [0.717, 1.165) is 25.2 Å². The highest BCUT2D eigenvalue weighted by atomic mass is 16.5. The fraction of sp³-hybridized carbons (Fsp3) is 0.600. The molecule has 1 aliphatic rings. The van der Waals surface area contributed by atoms with Crippen molar-refractivity contribution in [2.75, 3.05) is 6.61 Å². The Morgan fingerprint density at radius 1 is 1.55 bits per heavy atom. The highest BCUT2D eigenvalue weighted by Crippen LogP contribution is 2.09. The van der Waals surface area contributed by atoms with E-state index in [4.69, 9.17) is 4.74 Å². The summed E-state index contributed by atoms with van der Waals surface area (Å²) in [5, 5.41) is 0. The molecule has 0 saturated heterocycles. The van der Waals surface area contributed by atoms with Gasteiger partial charge in [0.1, 0.15) is 5.76 Å². The van der Waals surface area contributed by atoms with Crippen LogP contribution >= 0.6 is 0 Å². The van der Waals surface area contributed by atoms with E-state index in [0.29, 0.717) is 0 Å². The summed E-state index contributed by atoms with van der Waals surface area (Å²) in [5.41, 5.74) is 0. The van der Waals surface area contributed by atoms with Crippen LogP contribution < -0.4 is 0 Å². The van der Waals surface area contributed by atoms with Gasteiger partial charge in [-0.2, -0.15) is 0 Å². The summed E-state index contributed by atoms with van der Waals surface area (Å²) in [6.45, 7) is 6.98. The van der Waals surface area contributed by atoms with Crippen molar-refractivity contribution in [2.45, 2.75) is 33.6 Å². The van der Waals surface area contributed by atoms with Crippen molar-refractivity contribution in [3.63, 3.8) is 0 Å². The Morgan fingerprint density at radius 2 is 2.27 bits per heavy atom. The van der Waals surface area contributed by atoms with Crippen molar-refractivity contribution in [2.24, 2.45) is 0 Å². The van der Waals surface area contributed by atoms with Gasteiger partial charge < -0.3 is 4.74 Å². The molecule has 11 heavy (non-hydrogen) atoms. The number of rotatable bonds is 2. The van der Waals surface area contributed by atoms with Gasteiger partial charge in [0.15, 0.2) is 0 Å². The number of hydrogen-bond donors (Lipinski definition) is 0. The van der Waals surface area contributed by atoms with Gasteiger partial charge in [-0.25, -0.2) is 0 Å². The average Bonchev–Trinajstić information content (AvgIpc) is 2.57. The lowest BCUT2D eigenvalue weighted by Gasteiger charge is -1.93. The first-order chi connectivity index (χ1) is 5.43. The molecule has 0 radical (unpaired) electrons. The second-order valence-electron chi connectivity index (χ2n) is 2.05. The van der Waals surface area contributed by atoms with Crippen molar-refractivity contribution in [1.82, 2.24) is 0 Å². The second kappa shape index (κ2) is 7.39. The lowest BCUT2D eigenvalue weighted by atomic mass is 10.3. The minimum Gasteiger partial charge on any atom is -0.494 e. The van der Waals surface area contributed by atoms with Gasteiger partial charge in [0, 0.05) is 6.42 Å². The standard InChI is InChI=1S/C8H12O.C2H6/c1-2-3-5-8-6-4-7-9-8;1-2/h3,5-6H,2,4,7H2,1H3;1-2H3/b5-3-;. The molecule has 0 aromatic rings. The van der Waals surface area contributed by atoms with Crippen molar-refractivity contribution in [3.8, 4) is 0 Å². The first kappa shape index (κ1) is 10.3. The van der Waals surface area contributed by atoms with E-state index < -0.39 is 0 Å². The molecule has 0 bridgehead atoms. The minimum absolute atomic E-state index is 0.864. The molecule has 1 nitrogen and oxygen atoms in total. The monoisotopic (exact) mass is 154 g/mol. The molecular weight excluding hydrogens is 136 g/mol. The van der Waals surface area contributed by atoms with E-state index >= 15 is 0 Å². The van der Waals surface area contributed by atoms with Gasteiger partial charge in [-0.3, -0.25) is 0 Å². The quantitative estimate of drug-likeness (QED) is 0.593. The van der Waals surface area contributed by atoms with Crippen LogP contribution in [0.4, 0.5) is 0 Å². The van der Waals surface area contributed by atoms with Gasteiger partial charge in [-0.1, -0.05) is 26.8 Å². The summed E-state index contributed by atoms with van der Waals surface area (Å²) in [5.74, 6) is 1.04. The van der Waals surface area contributed by atoms with E-state index in [2.05, 4.69) is 19.1 Å². The SMILES string of the molecule is CC.CC/C=C\C1=CCCO1. The summed E-state index contributed by atoms with van der Waals surface area (Å²) in [7, 11) is 0. The Balaban J connectivity index is 0.000000461. The van der Waals surface area contributed by atoms with Crippen LogP contribution in [0.1, 0.15) is 33.6 Å². The molecule has 1 heterocycles. The molecule has 1 rings (SSSR count). The van der Waals surface area contributed by atoms with E-state index in [1.54, 1.807) is 0 Å². The summed E-state index contributed by atoms with van der Waals surface area (Å²) in [4.78, 5) is 0. The maximum Gasteiger partial charge on any atom is 0.115 e. The third-order valence-corrected chi connectivity index (χ3v) is 1.25. The maximum absolute atomic E-state index is 5.23. The first-order valence-corrected chi connectivity index (χ1v) is 4.43. The van der Waals surface area contributed by atoms with E-state index in [1.807, 2.05) is 19.9 Å². The molecule has 0 saturated carbocycles. The van der Waals surface area contributed by atoms with Gasteiger partial charge in [0.2, 0.25) is 0 Å². The van der Waals surface area contributed by atoms with E-state index in [-0.39, 0.29) is 0 Å². The van der Waals surface area contributed by atoms with Crippen LogP contribution in [-0.2, 0) is 4.74 Å². The molecule has 0 unspecified atom stereocenters. The van der Waals surface area contributed by atoms with Gasteiger partial charge in [0.25, 0.3) is 0 Å². The van der Waals surface area contributed by atoms with Crippen LogP contribution in [0.2, 0.25) is 0 Å². The molecular formula is C10H18O. The summed E-state index contributed by atoms with van der Waals surface area (Å²) >= 11 is 0. The molecule has 1 heteroatoms. The Labute approximate surface area is 69.8 Å². The number of allylic oxidation sites excluding steroid dienone is 2. The smallest absolute Gasteiger partial charge is 0.115 e. The fourth-order valence-electron chi connectivity index (χ4n) is 0.787. The van der Waals surface area contributed by atoms with E-state index in [1.165, 1.54) is 0 Å². The van der Waals surface area contributed by atoms with Crippen molar-refractivity contribution in [3.05, 3.63) is 24.0 Å². The number of hydrogen-bond acceptors (Lipinski definition) is 1. The molecule has 0 aromatic carbocycles. The van der Waals surface area contributed by atoms with Crippen molar-refractivity contribution in [1.29, 1.82) is 0 Å². The molecule has 64 valence electrons. The first-order valence-electron chi connectivity index (χ1n) is 4.43. The van der Waals surface area contributed by atoms with E-state index in [9.17, 15) is 0 Å². The average molecular weight is 154 g/mol. The zero-order chi connectivity index (χ0) is 8.53. The van der Waals surface area contributed by atoms with Crippen LogP contribution in [0.15, 0.2) is 24.0 Å². The van der Waals surface area contributed by atoms with Crippen LogP contribution in [-0.4, -0.2) is 6.61 Å². The summed E-state index contributed by atoms with van der Waals surface area (Å²) in [6, 6.07) is 0. The molecule has 0 fully saturated rings. The predicted octanol–water partition coefficient (Wildman–Crippen LogP) is 3.28. The van der Waals surface area contributed by atoms with Gasteiger partial charge in [-0.05, 0) is 18.6 Å². The Morgan fingerprint density at radius 3 is 2.73 bits per heavy atom. The van der Waals surface area contributed by atoms with Crippen LogP contribution in [0.3, 0.4) is 0 Å². The highest BCUT2D eigenvalue weighted by molar-refractivity contribution is 5.14. The molecule has 0 N–H and O–H groups in total. The van der Waals surface area contributed by atoms with Crippen LogP contribution in [0.25, 0.3) is 0 Å². The Kier molecular flexibility index (Phi) is 6.90. The van der Waals surface area contributed by atoms with Crippen molar-refractivity contribution < 1.29 is 4.74 Å². The normalized spacial score (nSPS) is 15.4. The second-order valence-corrected chi connectivity index (χ2v) is 2.05. The summed E-state index contributed by atoms with van der Waals surface area (Å²) in [6.07, 6.45) is 8.42. The predicted molar refractivity (Wildman–Crippen MR) is 49.4 cm³/mol. The largest absolute Gasteiger partial charge is 0.494 e. The van der Waals surface area contributed by atoms with Gasteiger partial charge >= 0.3 is 0 Å². The van der Waals surface area contributed by atoms with Crippen LogP contribution in [0.5, 0.6) is 0 Å². The Hall–Kier alpha value is -0.720. The zero-order valence-corrected chi connectivity index (χ0v) is 7.76. The Bertz CT molecular complexity index is 134. The molecule has 0 aromatic heterocycles. The van der Waals surface area contributed by atoms with Crippen LogP contribution in [0, 0.1) is 0 Å². The molecule has 1 aliphatic heterocycles. The molecule has 0 aliphatic carbocycles. The highest BCUT2D eigenvalue weighted by Gasteiger charge is 1.98. The summed E-state index contributed by atoms with van der Waals surface area (Å²) < 4.78 is 5.23. The number of ether oxygens (including phenoxy) is 1. The van der Waals surface area contributed by atoms with Gasteiger partial charge in [-0.15, -0.1) is 0 Å². The fourth-order valence-corrected chi connectivity index (χ4v) is 0.787. The van der Waals surface area contributed by atoms with Crippen molar-refractivity contribution >= 4 is 0 Å². The third kappa shape index (κ3) is 4.65. The molecule has 0 amide bonds. The third-order valence-electron chi connectivity index (χ3n) is 1.25. The van der Waals surface area contributed by atoms with Gasteiger partial charge in [0.05, 0.1) is 6.61 Å². The lowest BCUT2D eigenvalue weighted by Crippen LogP contribution is -1.79. The minimum atomic E-state index is 0.864.